The first-order chi connectivity index (χ1) is 36.2. The van der Waals surface area contributed by atoms with Gasteiger partial charge in [-0.05, 0) is 146 Å². The van der Waals surface area contributed by atoms with Crippen LogP contribution in [0.5, 0.6) is 0 Å². The van der Waals surface area contributed by atoms with Crippen LogP contribution in [0.4, 0.5) is 17.1 Å². The van der Waals surface area contributed by atoms with Gasteiger partial charge in [-0.1, -0.05) is 194 Å². The van der Waals surface area contributed by atoms with Crippen LogP contribution in [0.1, 0.15) is 0 Å². The van der Waals surface area contributed by atoms with Crippen LogP contribution >= 0.6 is 0 Å². The zero-order valence-corrected chi connectivity index (χ0v) is 39.9. The molecule has 0 saturated carbocycles. The van der Waals surface area contributed by atoms with E-state index in [-0.39, 0.29) is 0 Å². The second-order valence-corrected chi connectivity index (χ2v) is 18.9. The van der Waals surface area contributed by atoms with E-state index in [4.69, 9.17) is 4.42 Å². The maximum Gasteiger partial charge on any atom is 0.143 e. The SMILES string of the molecule is c1ccc(-n2c3ccccc3c3cc(-c4ccc(N(c5ccc(-c6ccc(-c7cccc(-c8ccc9ccccc9c8)c7)cc6)cc5)c5ccc(-c6cccc7c6oc6ccccc67)cc5)cc4)ccc32)cc1. The first-order valence-electron chi connectivity index (χ1n) is 25.0. The standard InChI is InChI=1S/C70H46N2O/c1-2-16-58(17-3-1)72-67-22-8-6-18-63(67)66-46-57(36-43-68(66)72)51-32-39-60(40-33-51)71(61-41-34-52(35-42-61)62-20-11-21-65-64-19-7-9-23-69(64)73-70(62)65)59-37-30-49(31-38-59)48-24-26-50(27-25-48)54-14-10-15-55(44-54)56-29-28-47-12-4-5-13-53(47)45-56/h1-46H. The second-order valence-electron chi connectivity index (χ2n) is 18.9. The van der Waals surface area contributed by atoms with Crippen LogP contribution < -0.4 is 4.90 Å². The first kappa shape index (κ1) is 42.2. The molecule has 0 bridgehead atoms. The number of nitrogens with zero attached hydrogens (tertiary/aromatic N) is 2. The first-order valence-corrected chi connectivity index (χ1v) is 25.0. The number of hydrogen-bond donors (Lipinski definition) is 0. The highest BCUT2D eigenvalue weighted by Gasteiger charge is 2.18. The normalized spacial score (nSPS) is 11.6. The molecule has 0 aliphatic heterocycles. The molecule has 342 valence electrons. The van der Waals surface area contributed by atoms with Crippen LogP contribution in [0.25, 0.3) is 116 Å². The predicted octanol–water partition coefficient (Wildman–Crippen LogP) is 19.6. The number of furan rings is 1. The van der Waals surface area contributed by atoms with E-state index >= 15 is 0 Å². The van der Waals surface area contributed by atoms with E-state index in [1.807, 2.05) is 12.1 Å². The minimum absolute atomic E-state index is 0.900. The van der Waals surface area contributed by atoms with Gasteiger partial charge in [0.2, 0.25) is 0 Å². The Hall–Kier alpha value is -9.70. The molecule has 73 heavy (non-hydrogen) atoms. The van der Waals surface area contributed by atoms with Crippen LogP contribution in [0, 0.1) is 0 Å². The van der Waals surface area contributed by atoms with E-state index in [1.54, 1.807) is 0 Å². The third-order valence-corrected chi connectivity index (χ3v) is 14.6. The Labute approximate surface area is 423 Å². The van der Waals surface area contributed by atoms with E-state index < -0.39 is 0 Å². The third-order valence-electron chi connectivity index (χ3n) is 14.6. The van der Waals surface area contributed by atoms with Crippen LogP contribution in [0.3, 0.4) is 0 Å². The number of anilines is 3. The van der Waals surface area contributed by atoms with E-state index in [0.717, 1.165) is 66.9 Å². The summed E-state index contributed by atoms with van der Waals surface area (Å²) in [7, 11) is 0. The van der Waals surface area contributed by atoms with Gasteiger partial charge in [-0.2, -0.15) is 0 Å². The molecular formula is C70H46N2O. The molecule has 2 aromatic heterocycles. The summed E-state index contributed by atoms with van der Waals surface area (Å²) in [6.45, 7) is 0. The van der Waals surface area contributed by atoms with E-state index in [2.05, 4.69) is 276 Å². The molecule has 2 heterocycles. The summed E-state index contributed by atoms with van der Waals surface area (Å²) in [5.74, 6) is 0. The number of fused-ring (bicyclic) bond motifs is 7. The smallest absolute Gasteiger partial charge is 0.143 e. The molecule has 0 aliphatic rings. The molecule has 0 atom stereocenters. The van der Waals surface area contributed by atoms with Gasteiger partial charge in [-0.15, -0.1) is 0 Å². The summed E-state index contributed by atoms with van der Waals surface area (Å²) in [6, 6.07) is 101. The Morgan fingerprint density at radius 3 is 1.47 bits per heavy atom. The highest BCUT2D eigenvalue weighted by atomic mass is 16.3. The van der Waals surface area contributed by atoms with Gasteiger partial charge in [0, 0.05) is 49.9 Å². The Bertz CT molecular complexity index is 4340. The number of aromatic nitrogens is 1. The summed E-state index contributed by atoms with van der Waals surface area (Å²) in [6.07, 6.45) is 0. The molecule has 14 rings (SSSR count). The van der Waals surface area contributed by atoms with E-state index in [1.165, 1.54) is 66.0 Å². The van der Waals surface area contributed by atoms with E-state index in [0.29, 0.717) is 0 Å². The lowest BCUT2D eigenvalue weighted by Gasteiger charge is -2.26. The molecule has 14 aromatic rings. The van der Waals surface area contributed by atoms with Gasteiger partial charge in [-0.3, -0.25) is 0 Å². The van der Waals surface area contributed by atoms with Crippen molar-refractivity contribution in [1.29, 1.82) is 0 Å². The lowest BCUT2D eigenvalue weighted by Crippen LogP contribution is -2.09. The molecular weight excluding hydrogens is 885 g/mol. The van der Waals surface area contributed by atoms with Crippen LogP contribution in [-0.2, 0) is 0 Å². The Balaban J connectivity index is 0.798. The molecule has 0 amide bonds. The molecule has 0 saturated heterocycles. The van der Waals surface area contributed by atoms with Gasteiger partial charge in [0.1, 0.15) is 11.2 Å². The summed E-state index contributed by atoms with van der Waals surface area (Å²) in [5, 5.41) is 7.25. The molecule has 3 heteroatoms. The fourth-order valence-corrected chi connectivity index (χ4v) is 10.9. The fraction of sp³-hybridized carbons (Fsp3) is 0. The molecule has 0 fully saturated rings. The molecule has 3 nitrogen and oxygen atoms in total. The zero-order chi connectivity index (χ0) is 48.2. The van der Waals surface area contributed by atoms with Crippen molar-refractivity contribution in [2.45, 2.75) is 0 Å². The summed E-state index contributed by atoms with van der Waals surface area (Å²) < 4.78 is 8.83. The van der Waals surface area contributed by atoms with Gasteiger partial charge >= 0.3 is 0 Å². The Morgan fingerprint density at radius 2 is 0.753 bits per heavy atom. The number of para-hydroxylation sites is 4. The lowest BCUT2D eigenvalue weighted by molar-refractivity contribution is 0.670. The van der Waals surface area contributed by atoms with Gasteiger partial charge < -0.3 is 13.9 Å². The third kappa shape index (κ3) is 7.54. The van der Waals surface area contributed by atoms with Crippen molar-refractivity contribution in [3.05, 3.63) is 279 Å². The molecule has 0 spiro atoms. The molecule has 0 unspecified atom stereocenters. The highest BCUT2D eigenvalue weighted by Crippen LogP contribution is 2.42. The van der Waals surface area contributed by atoms with Crippen molar-refractivity contribution < 1.29 is 4.42 Å². The largest absolute Gasteiger partial charge is 0.455 e. The Morgan fingerprint density at radius 1 is 0.274 bits per heavy atom. The number of benzene rings is 12. The van der Waals surface area contributed by atoms with Crippen molar-refractivity contribution >= 4 is 71.6 Å². The van der Waals surface area contributed by atoms with Gasteiger partial charge in [-0.25, -0.2) is 0 Å². The van der Waals surface area contributed by atoms with Crippen molar-refractivity contribution in [2.24, 2.45) is 0 Å². The molecule has 0 radical (unpaired) electrons. The van der Waals surface area contributed by atoms with E-state index in [9.17, 15) is 0 Å². The van der Waals surface area contributed by atoms with Crippen molar-refractivity contribution in [3.63, 3.8) is 0 Å². The quantitative estimate of drug-likeness (QED) is 0.144. The molecule has 12 aromatic carbocycles. The van der Waals surface area contributed by atoms with Gasteiger partial charge in [0.05, 0.1) is 11.0 Å². The summed E-state index contributed by atoms with van der Waals surface area (Å²) >= 11 is 0. The topological polar surface area (TPSA) is 21.3 Å². The minimum atomic E-state index is 0.900. The van der Waals surface area contributed by atoms with Crippen LogP contribution in [0.2, 0.25) is 0 Å². The zero-order valence-electron chi connectivity index (χ0n) is 39.9. The highest BCUT2D eigenvalue weighted by molar-refractivity contribution is 6.11. The van der Waals surface area contributed by atoms with Crippen molar-refractivity contribution in [1.82, 2.24) is 4.57 Å². The summed E-state index contributed by atoms with van der Waals surface area (Å²) in [5.41, 5.74) is 20.2. The average molecular weight is 931 g/mol. The maximum absolute atomic E-state index is 6.47. The van der Waals surface area contributed by atoms with Crippen LogP contribution in [-0.4, -0.2) is 4.57 Å². The minimum Gasteiger partial charge on any atom is -0.455 e. The lowest BCUT2D eigenvalue weighted by atomic mass is 9.96. The van der Waals surface area contributed by atoms with Gasteiger partial charge in [0.25, 0.3) is 0 Å². The van der Waals surface area contributed by atoms with Crippen molar-refractivity contribution in [2.75, 3.05) is 4.90 Å². The number of hydrogen-bond acceptors (Lipinski definition) is 2. The maximum atomic E-state index is 6.47. The second kappa shape index (κ2) is 17.6. The monoisotopic (exact) mass is 930 g/mol. The Kier molecular flexibility index (Phi) is 10.2. The predicted molar refractivity (Wildman–Crippen MR) is 307 cm³/mol. The molecule has 0 N–H and O–H groups in total. The fourth-order valence-electron chi connectivity index (χ4n) is 10.9. The van der Waals surface area contributed by atoms with Crippen molar-refractivity contribution in [3.8, 4) is 61.3 Å². The van der Waals surface area contributed by atoms with Gasteiger partial charge in [0.15, 0.2) is 0 Å². The summed E-state index contributed by atoms with van der Waals surface area (Å²) in [4.78, 5) is 2.35. The average Bonchev–Trinajstić information content (AvgIpc) is 4.03. The van der Waals surface area contributed by atoms with Crippen LogP contribution in [0.15, 0.2) is 283 Å². The number of rotatable bonds is 9. The molecule has 0 aliphatic carbocycles.